The molecular formula is C25H17BrF5P. The zero-order valence-corrected chi connectivity index (χ0v) is 19.1. The van der Waals surface area contributed by atoms with Crippen LogP contribution in [0.4, 0.5) is 22.0 Å². The summed E-state index contributed by atoms with van der Waals surface area (Å²) in [5.41, 5.74) is 0.679. The van der Waals surface area contributed by atoms with Crippen molar-refractivity contribution in [3.63, 3.8) is 0 Å². The van der Waals surface area contributed by atoms with Gasteiger partial charge in [0.1, 0.15) is 0 Å². The summed E-state index contributed by atoms with van der Waals surface area (Å²) in [6.45, 7) is 0. The molecule has 0 spiro atoms. The Morgan fingerprint density at radius 3 is 1.25 bits per heavy atom. The average molecular weight is 523 g/mol. The molecule has 0 heterocycles. The van der Waals surface area contributed by atoms with Gasteiger partial charge in [-0.15, -0.1) is 0 Å². The Labute approximate surface area is 190 Å². The number of halogens is 6. The van der Waals surface area contributed by atoms with Crippen LogP contribution < -0.4 is 15.9 Å². The number of benzene rings is 4. The molecule has 0 bridgehead atoms. The van der Waals surface area contributed by atoms with Crippen molar-refractivity contribution in [1.82, 2.24) is 0 Å². The minimum absolute atomic E-state index is 0.00117. The van der Waals surface area contributed by atoms with E-state index in [9.17, 15) is 13.2 Å². The summed E-state index contributed by atoms with van der Waals surface area (Å²) in [6, 6.07) is 25.6. The summed E-state index contributed by atoms with van der Waals surface area (Å²) < 4.78 is 74.0. The monoisotopic (exact) mass is 522 g/mol. The zero-order valence-electron chi connectivity index (χ0n) is 16.6. The van der Waals surface area contributed by atoms with Gasteiger partial charge in [0.2, 0.25) is 0 Å². The van der Waals surface area contributed by atoms with Crippen LogP contribution in [-0.4, -0.2) is 0 Å². The van der Waals surface area contributed by atoms with Gasteiger partial charge in [-0.05, 0) is 0 Å². The van der Waals surface area contributed by atoms with E-state index in [0.717, 1.165) is 0 Å². The van der Waals surface area contributed by atoms with Gasteiger partial charge in [-0.3, -0.25) is 0 Å². The van der Waals surface area contributed by atoms with Gasteiger partial charge in [0.15, 0.2) is 0 Å². The van der Waals surface area contributed by atoms with Crippen LogP contribution in [0.25, 0.3) is 0 Å². The maximum atomic E-state index is 15.5. The summed E-state index contributed by atoms with van der Waals surface area (Å²) in [4.78, 5) is 0. The average Bonchev–Trinajstić information content (AvgIpc) is 2.83. The standard InChI is InChI=1S/C25H17BrF5P/c26-32(18-12-6-2-7-13-18,19-14-8-3-9-15-19,16-17-10-4-1-5-11-17)25-23(30)21(28)20(27)22(29)24(25)31/h1-15H,16H2. The molecule has 0 atom stereocenters. The van der Waals surface area contributed by atoms with Crippen LogP contribution in [0.15, 0.2) is 91.0 Å². The molecule has 4 aromatic carbocycles. The second-order valence-corrected chi connectivity index (χ2v) is 16.3. The molecular weight excluding hydrogens is 506 g/mol. The molecule has 4 rings (SSSR count). The fourth-order valence-electron chi connectivity index (χ4n) is 4.08. The van der Waals surface area contributed by atoms with Crippen LogP contribution in [0.1, 0.15) is 5.56 Å². The normalized spacial score (nSPS) is 12.9. The van der Waals surface area contributed by atoms with Gasteiger partial charge in [-0.25, -0.2) is 0 Å². The molecule has 0 aliphatic heterocycles. The van der Waals surface area contributed by atoms with Gasteiger partial charge < -0.3 is 0 Å². The van der Waals surface area contributed by atoms with Crippen molar-refractivity contribution >= 4 is 36.7 Å². The molecule has 0 radical (unpaired) electrons. The van der Waals surface area contributed by atoms with E-state index in [1.807, 2.05) is 0 Å². The van der Waals surface area contributed by atoms with Crippen molar-refractivity contribution in [3.8, 4) is 0 Å². The summed E-state index contributed by atoms with van der Waals surface area (Å²) in [5.74, 6) is -9.78. The second-order valence-electron chi connectivity index (χ2n) is 7.42. The molecule has 7 heteroatoms. The molecule has 0 saturated carbocycles. The molecule has 0 N–H and O–H groups in total. The molecule has 0 unspecified atom stereocenters. The Balaban J connectivity index is 2.25. The van der Waals surface area contributed by atoms with E-state index in [2.05, 4.69) is 15.5 Å². The molecule has 0 aliphatic rings. The van der Waals surface area contributed by atoms with E-state index >= 15 is 8.78 Å². The van der Waals surface area contributed by atoms with Gasteiger partial charge >= 0.3 is 190 Å². The molecule has 0 aromatic heterocycles. The predicted molar refractivity (Wildman–Crippen MR) is 124 cm³/mol. The Kier molecular flexibility index (Phi) is 5.95. The van der Waals surface area contributed by atoms with Crippen LogP contribution in [0.3, 0.4) is 0 Å². The van der Waals surface area contributed by atoms with Gasteiger partial charge in [-0.2, -0.15) is 0 Å². The number of hydrogen-bond donors (Lipinski definition) is 0. The minimum atomic E-state index is -4.45. The Morgan fingerprint density at radius 2 is 0.844 bits per heavy atom. The number of hydrogen-bond acceptors (Lipinski definition) is 0. The molecule has 0 fully saturated rings. The third-order valence-electron chi connectivity index (χ3n) is 5.56. The summed E-state index contributed by atoms with van der Waals surface area (Å²) in [5, 5.41) is -4.41. The second kappa shape index (κ2) is 8.42. The van der Waals surface area contributed by atoms with E-state index in [-0.39, 0.29) is 6.16 Å². The zero-order chi connectivity index (χ0) is 23.0. The van der Waals surface area contributed by atoms with Crippen molar-refractivity contribution in [2.24, 2.45) is 0 Å². The Morgan fingerprint density at radius 1 is 0.500 bits per heavy atom. The van der Waals surface area contributed by atoms with Gasteiger partial charge in [0.05, 0.1) is 0 Å². The first-order chi connectivity index (χ1) is 15.3. The van der Waals surface area contributed by atoms with E-state index in [4.69, 9.17) is 0 Å². The van der Waals surface area contributed by atoms with Crippen molar-refractivity contribution in [2.75, 3.05) is 0 Å². The van der Waals surface area contributed by atoms with Crippen molar-refractivity contribution < 1.29 is 22.0 Å². The topological polar surface area (TPSA) is 0 Å². The van der Waals surface area contributed by atoms with Crippen LogP contribution in [0.5, 0.6) is 0 Å². The third-order valence-corrected chi connectivity index (χ3v) is 14.9. The van der Waals surface area contributed by atoms with E-state index in [1.165, 1.54) is 0 Å². The third kappa shape index (κ3) is 3.37. The van der Waals surface area contributed by atoms with Crippen LogP contribution in [0, 0.1) is 29.1 Å². The first-order valence-corrected chi connectivity index (χ1v) is 14.1. The van der Waals surface area contributed by atoms with Crippen molar-refractivity contribution in [1.29, 1.82) is 0 Å². The SMILES string of the molecule is Fc1c(F)c(F)c(P(Br)(Cc2ccccc2)(c2ccccc2)c2ccccc2)c(F)c1F. The van der Waals surface area contributed by atoms with Crippen molar-refractivity contribution in [2.45, 2.75) is 6.16 Å². The molecule has 32 heavy (non-hydrogen) atoms. The fourth-order valence-corrected chi connectivity index (χ4v) is 12.1. The molecule has 4 aromatic rings. The molecule has 0 saturated heterocycles. The fraction of sp³-hybridized carbons (Fsp3) is 0.0400. The molecule has 0 amide bonds. The Bertz CT molecular complexity index is 1200. The van der Waals surface area contributed by atoms with E-state index < -0.39 is 39.7 Å². The maximum absolute atomic E-state index is 15.5. The van der Waals surface area contributed by atoms with Gasteiger partial charge in [0, 0.05) is 0 Å². The van der Waals surface area contributed by atoms with Gasteiger partial charge in [-0.1, -0.05) is 0 Å². The van der Waals surface area contributed by atoms with E-state index in [0.29, 0.717) is 16.2 Å². The first kappa shape index (κ1) is 22.6. The molecule has 0 nitrogen and oxygen atoms in total. The van der Waals surface area contributed by atoms with Crippen LogP contribution >= 0.6 is 20.8 Å². The van der Waals surface area contributed by atoms with Crippen molar-refractivity contribution in [3.05, 3.63) is 126 Å². The number of rotatable bonds is 5. The van der Waals surface area contributed by atoms with Crippen LogP contribution in [0.2, 0.25) is 0 Å². The quantitative estimate of drug-likeness (QED) is 0.118. The molecule has 164 valence electrons. The van der Waals surface area contributed by atoms with Crippen LogP contribution in [-0.2, 0) is 6.16 Å². The predicted octanol–water partition coefficient (Wildman–Crippen LogP) is 6.72. The van der Waals surface area contributed by atoms with E-state index in [1.54, 1.807) is 91.0 Å². The van der Waals surface area contributed by atoms with Gasteiger partial charge in [0.25, 0.3) is 0 Å². The summed E-state index contributed by atoms with van der Waals surface area (Å²) >= 11 is 3.74. The Hall–Kier alpha value is -2.56. The molecule has 0 aliphatic carbocycles. The summed E-state index contributed by atoms with van der Waals surface area (Å²) in [6.07, 6.45) is -0.00117. The summed E-state index contributed by atoms with van der Waals surface area (Å²) in [7, 11) is 0. The first-order valence-electron chi connectivity index (χ1n) is 9.69.